The van der Waals surface area contributed by atoms with Gasteiger partial charge in [0.15, 0.2) is 0 Å². The largest absolute Gasteiger partial charge is 0.334 e. The molecule has 2 rings (SSSR count). The molecule has 0 saturated carbocycles. The van der Waals surface area contributed by atoms with Crippen LogP contribution in [0, 0.1) is 13.8 Å². The van der Waals surface area contributed by atoms with E-state index in [0.717, 1.165) is 0 Å². The Balaban J connectivity index is 2.22. The lowest BCUT2D eigenvalue weighted by Gasteiger charge is -2.25. The molecule has 3 heteroatoms. The van der Waals surface area contributed by atoms with Gasteiger partial charge in [0.25, 0.3) is 0 Å². The van der Waals surface area contributed by atoms with Crippen LogP contribution in [-0.2, 0) is 4.79 Å². The molecule has 92 valence electrons. The average Bonchev–Trinajstić information content (AvgIpc) is 2.61. The normalized spacial score (nSPS) is 22.0. The molecule has 0 spiro atoms. The average molecular weight is 252 g/mol. The van der Waals surface area contributed by atoms with Gasteiger partial charge in [-0.2, -0.15) is 0 Å². The lowest BCUT2D eigenvalue weighted by Crippen LogP contribution is -2.28. The summed E-state index contributed by atoms with van der Waals surface area (Å²) in [5.41, 5.74) is 3.74. The Bertz CT molecular complexity index is 444. The third kappa shape index (κ3) is 2.47. The molecule has 1 saturated heterocycles. The van der Waals surface area contributed by atoms with Crippen molar-refractivity contribution in [3.63, 3.8) is 0 Å². The third-order valence-electron chi connectivity index (χ3n) is 3.59. The first-order valence-electron chi connectivity index (χ1n) is 5.99. The van der Waals surface area contributed by atoms with Crippen molar-refractivity contribution in [2.24, 2.45) is 0 Å². The van der Waals surface area contributed by atoms with Crippen LogP contribution in [0.3, 0.4) is 0 Å². The second-order valence-electron chi connectivity index (χ2n) is 4.87. The highest BCUT2D eigenvalue weighted by Gasteiger charge is 2.31. The van der Waals surface area contributed by atoms with Crippen molar-refractivity contribution < 1.29 is 4.79 Å². The van der Waals surface area contributed by atoms with E-state index in [9.17, 15) is 4.79 Å². The molecule has 1 aliphatic rings. The number of hydrogen-bond acceptors (Lipinski definition) is 1. The van der Waals surface area contributed by atoms with Crippen LogP contribution in [0.15, 0.2) is 18.2 Å². The molecular weight excluding hydrogens is 234 g/mol. The van der Waals surface area contributed by atoms with Crippen LogP contribution in [0.2, 0.25) is 0 Å². The van der Waals surface area contributed by atoms with Crippen LogP contribution in [0.25, 0.3) is 0 Å². The first kappa shape index (κ1) is 12.4. The Kier molecular flexibility index (Phi) is 3.43. The second kappa shape index (κ2) is 4.69. The van der Waals surface area contributed by atoms with E-state index in [0.29, 0.717) is 13.0 Å². The Morgan fingerprint density at radius 3 is 2.59 bits per heavy atom. The van der Waals surface area contributed by atoms with Gasteiger partial charge in [0.05, 0.1) is 11.4 Å². The molecule has 2 nitrogen and oxygen atoms in total. The summed E-state index contributed by atoms with van der Waals surface area (Å²) in [6.07, 6.45) is 0.469. The van der Waals surface area contributed by atoms with E-state index in [1.807, 2.05) is 4.90 Å². The molecule has 0 N–H and O–H groups in total. The molecule has 0 bridgehead atoms. The lowest BCUT2D eigenvalue weighted by atomic mass is 10.0. The summed E-state index contributed by atoms with van der Waals surface area (Å²) in [5.74, 6) is 0.163. The molecular formula is C14H18ClNO. The van der Waals surface area contributed by atoms with Gasteiger partial charge in [-0.3, -0.25) is 4.79 Å². The molecule has 1 fully saturated rings. The van der Waals surface area contributed by atoms with Gasteiger partial charge in [-0.25, -0.2) is 0 Å². The molecule has 0 aliphatic carbocycles. The summed E-state index contributed by atoms with van der Waals surface area (Å²) in [6, 6.07) is 6.49. The SMILES string of the molecule is Cc1ccc(C(C)N2CC(Cl)CC2=O)cc1C. The highest BCUT2D eigenvalue weighted by Crippen LogP contribution is 2.28. The van der Waals surface area contributed by atoms with Crippen LogP contribution in [-0.4, -0.2) is 22.7 Å². The molecule has 1 aromatic carbocycles. The Morgan fingerprint density at radius 2 is 2.06 bits per heavy atom. The second-order valence-corrected chi connectivity index (χ2v) is 5.48. The van der Waals surface area contributed by atoms with Gasteiger partial charge >= 0.3 is 0 Å². The number of amides is 1. The van der Waals surface area contributed by atoms with Crippen molar-refractivity contribution in [3.8, 4) is 0 Å². The molecule has 1 aromatic rings. The Hall–Kier alpha value is -1.02. The van der Waals surface area contributed by atoms with Gasteiger partial charge < -0.3 is 4.90 Å². The van der Waals surface area contributed by atoms with Crippen molar-refractivity contribution in [2.75, 3.05) is 6.54 Å². The molecule has 0 radical (unpaired) electrons. The standard InChI is InChI=1S/C14H18ClNO/c1-9-4-5-12(6-10(9)2)11(3)16-8-13(15)7-14(16)17/h4-6,11,13H,7-8H2,1-3H3. The maximum atomic E-state index is 11.8. The first-order valence-corrected chi connectivity index (χ1v) is 6.43. The Morgan fingerprint density at radius 1 is 1.35 bits per heavy atom. The van der Waals surface area contributed by atoms with E-state index < -0.39 is 0 Å². The van der Waals surface area contributed by atoms with Crippen molar-refractivity contribution in [1.29, 1.82) is 0 Å². The first-order chi connectivity index (χ1) is 7.99. The number of likely N-dealkylation sites (tertiary alicyclic amines) is 1. The summed E-state index contributed by atoms with van der Waals surface area (Å²) in [7, 11) is 0. The topological polar surface area (TPSA) is 20.3 Å². The van der Waals surface area contributed by atoms with Crippen molar-refractivity contribution in [2.45, 2.75) is 38.6 Å². The minimum Gasteiger partial charge on any atom is -0.334 e. The van der Waals surface area contributed by atoms with Gasteiger partial charge in [-0.05, 0) is 37.5 Å². The van der Waals surface area contributed by atoms with Gasteiger partial charge in [-0.1, -0.05) is 18.2 Å². The van der Waals surface area contributed by atoms with Crippen molar-refractivity contribution in [3.05, 3.63) is 34.9 Å². The van der Waals surface area contributed by atoms with Crippen LogP contribution < -0.4 is 0 Å². The smallest absolute Gasteiger partial charge is 0.224 e. The number of carbonyl (C=O) groups excluding carboxylic acids is 1. The highest BCUT2D eigenvalue weighted by molar-refractivity contribution is 6.22. The zero-order chi connectivity index (χ0) is 12.6. The number of halogens is 1. The van der Waals surface area contributed by atoms with Crippen LogP contribution in [0.1, 0.15) is 36.1 Å². The summed E-state index contributed by atoms with van der Waals surface area (Å²) in [4.78, 5) is 13.7. The predicted molar refractivity (Wildman–Crippen MR) is 70.3 cm³/mol. The van der Waals surface area contributed by atoms with E-state index in [-0.39, 0.29) is 17.3 Å². The van der Waals surface area contributed by atoms with E-state index in [1.54, 1.807) is 0 Å². The number of benzene rings is 1. The fourth-order valence-electron chi connectivity index (χ4n) is 2.27. The maximum absolute atomic E-state index is 11.8. The summed E-state index contributed by atoms with van der Waals surface area (Å²) in [6.45, 7) is 6.92. The number of hydrogen-bond donors (Lipinski definition) is 0. The summed E-state index contributed by atoms with van der Waals surface area (Å²) < 4.78 is 0. The number of nitrogens with zero attached hydrogens (tertiary/aromatic N) is 1. The van der Waals surface area contributed by atoms with Gasteiger partial charge in [-0.15, -0.1) is 11.6 Å². The van der Waals surface area contributed by atoms with E-state index in [4.69, 9.17) is 11.6 Å². The predicted octanol–water partition coefficient (Wildman–Crippen LogP) is 3.20. The van der Waals surface area contributed by atoms with Gasteiger partial charge in [0, 0.05) is 13.0 Å². The lowest BCUT2D eigenvalue weighted by molar-refractivity contribution is -0.129. The Labute approximate surface area is 108 Å². The monoisotopic (exact) mass is 251 g/mol. The molecule has 2 unspecified atom stereocenters. The molecule has 1 heterocycles. The van der Waals surface area contributed by atoms with Gasteiger partial charge in [0.1, 0.15) is 0 Å². The zero-order valence-corrected chi connectivity index (χ0v) is 11.3. The van der Waals surface area contributed by atoms with E-state index in [2.05, 4.69) is 39.0 Å². The fourth-order valence-corrected chi connectivity index (χ4v) is 2.55. The molecule has 1 amide bonds. The van der Waals surface area contributed by atoms with E-state index in [1.165, 1.54) is 16.7 Å². The fraction of sp³-hybridized carbons (Fsp3) is 0.500. The molecule has 1 aliphatic heterocycles. The minimum atomic E-state index is -0.0310. The van der Waals surface area contributed by atoms with Crippen molar-refractivity contribution in [1.82, 2.24) is 4.90 Å². The number of aryl methyl sites for hydroxylation is 2. The third-order valence-corrected chi connectivity index (χ3v) is 3.88. The summed E-state index contributed by atoms with van der Waals surface area (Å²) in [5, 5.41) is -0.0310. The highest BCUT2D eigenvalue weighted by atomic mass is 35.5. The number of carbonyl (C=O) groups is 1. The zero-order valence-electron chi connectivity index (χ0n) is 10.5. The minimum absolute atomic E-state index is 0.0310. The molecule has 0 aromatic heterocycles. The quantitative estimate of drug-likeness (QED) is 0.740. The summed E-state index contributed by atoms with van der Waals surface area (Å²) >= 11 is 6.03. The van der Waals surface area contributed by atoms with Crippen LogP contribution in [0.4, 0.5) is 0 Å². The number of rotatable bonds is 2. The van der Waals surface area contributed by atoms with Crippen molar-refractivity contribution >= 4 is 17.5 Å². The van der Waals surface area contributed by atoms with Crippen LogP contribution in [0.5, 0.6) is 0 Å². The number of alkyl halides is 1. The van der Waals surface area contributed by atoms with E-state index >= 15 is 0 Å². The maximum Gasteiger partial charge on any atom is 0.224 e. The molecule has 17 heavy (non-hydrogen) atoms. The van der Waals surface area contributed by atoms with Crippen LogP contribution >= 0.6 is 11.6 Å². The van der Waals surface area contributed by atoms with Gasteiger partial charge in [0.2, 0.25) is 5.91 Å². The molecule has 2 atom stereocenters.